The van der Waals surface area contributed by atoms with Gasteiger partial charge >= 0.3 is 0 Å². The van der Waals surface area contributed by atoms with Crippen molar-refractivity contribution < 1.29 is 9.16 Å². The lowest BCUT2D eigenvalue weighted by molar-refractivity contribution is 0.0595. The van der Waals surface area contributed by atoms with Crippen molar-refractivity contribution in [3.63, 3.8) is 0 Å². The molecule has 0 aliphatic heterocycles. The van der Waals surface area contributed by atoms with E-state index in [9.17, 15) is 0 Å². The number of allylic oxidation sites excluding steroid dienone is 7. The minimum Gasteiger partial charge on any atom is -0.469 e. The summed E-state index contributed by atoms with van der Waals surface area (Å²) in [6.45, 7) is 8.80. The van der Waals surface area contributed by atoms with Gasteiger partial charge in [-0.25, -0.2) is 0 Å². The fourth-order valence-electron chi connectivity index (χ4n) is 2.28. The van der Waals surface area contributed by atoms with Crippen molar-refractivity contribution in [3.8, 4) is 0 Å². The van der Waals surface area contributed by atoms with E-state index >= 15 is 0 Å². The largest absolute Gasteiger partial charge is 0.469 e. The molecule has 21 heavy (non-hydrogen) atoms. The first-order valence-corrected chi connectivity index (χ1v) is 11.3. The molecule has 0 amide bonds. The monoisotopic (exact) mass is 344 g/mol. The predicted octanol–water partition coefficient (Wildman–Crippen LogP) is 5.83. The number of halogens is 2. The molecule has 0 spiro atoms. The fraction of sp³-hybridized carbons (Fsp3) is 0.500. The zero-order valence-corrected chi connectivity index (χ0v) is 15.6. The van der Waals surface area contributed by atoms with E-state index < -0.39 is 8.32 Å². The lowest BCUT2D eigenvalue weighted by Crippen LogP contribution is -2.26. The van der Waals surface area contributed by atoms with Crippen LogP contribution in [0.5, 0.6) is 0 Å². The van der Waals surface area contributed by atoms with Crippen LogP contribution in [0, 0.1) is 0 Å². The molecule has 0 N–H and O–H groups in total. The van der Waals surface area contributed by atoms with E-state index in [4.69, 9.17) is 32.4 Å². The Morgan fingerprint density at radius 3 is 2.24 bits per heavy atom. The summed E-state index contributed by atoms with van der Waals surface area (Å²) in [5.74, 6) is 0.843. The molecule has 2 nitrogen and oxygen atoms in total. The summed E-state index contributed by atoms with van der Waals surface area (Å²) in [6.07, 6.45) is 6.46. The van der Waals surface area contributed by atoms with Gasteiger partial charge in [-0.1, -0.05) is 34.9 Å². The van der Waals surface area contributed by atoms with E-state index in [1.54, 1.807) is 0 Å². The third-order valence-corrected chi connectivity index (χ3v) is 5.29. The average Bonchev–Trinajstić information content (AvgIpc) is 2.87. The summed E-state index contributed by atoms with van der Waals surface area (Å²) in [4.78, 5) is 0. The van der Waals surface area contributed by atoms with Crippen molar-refractivity contribution >= 4 is 31.5 Å². The molecule has 0 saturated carbocycles. The zero-order valence-electron chi connectivity index (χ0n) is 13.1. The number of ether oxygens (including phenoxy) is 1. The molecule has 0 aromatic rings. The van der Waals surface area contributed by atoms with Gasteiger partial charge in [-0.2, -0.15) is 0 Å². The molecule has 0 unspecified atom stereocenters. The Morgan fingerprint density at radius 1 is 1.05 bits per heavy atom. The van der Waals surface area contributed by atoms with Crippen molar-refractivity contribution in [2.24, 2.45) is 0 Å². The van der Waals surface area contributed by atoms with Gasteiger partial charge in [0.2, 0.25) is 0 Å². The van der Waals surface area contributed by atoms with E-state index in [0.29, 0.717) is 0 Å². The highest BCUT2D eigenvalue weighted by Crippen LogP contribution is 2.39. The second-order valence-electron chi connectivity index (χ2n) is 6.33. The van der Waals surface area contributed by atoms with E-state index in [0.717, 1.165) is 40.7 Å². The lowest BCUT2D eigenvalue weighted by atomic mass is 10.0. The topological polar surface area (TPSA) is 18.5 Å². The van der Waals surface area contributed by atoms with Crippen LogP contribution in [0.15, 0.2) is 44.7 Å². The SMILES string of the molecule is CC1=CCC(Cl)=C1CC1=C(Cl)CC=C1OCO[Si](C)(C)C. The summed E-state index contributed by atoms with van der Waals surface area (Å²) < 4.78 is 11.5. The quantitative estimate of drug-likeness (QED) is 0.446. The van der Waals surface area contributed by atoms with Crippen LogP contribution in [0.1, 0.15) is 26.2 Å². The molecule has 0 saturated heterocycles. The van der Waals surface area contributed by atoms with Gasteiger partial charge in [-0.15, -0.1) is 0 Å². The number of hydrogen-bond acceptors (Lipinski definition) is 2. The van der Waals surface area contributed by atoms with Crippen LogP contribution in [0.25, 0.3) is 0 Å². The van der Waals surface area contributed by atoms with Gasteiger partial charge in [0, 0.05) is 34.9 Å². The van der Waals surface area contributed by atoms with Crippen LogP contribution in [-0.4, -0.2) is 15.1 Å². The summed E-state index contributed by atoms with van der Waals surface area (Å²) in [5, 5.41) is 1.75. The van der Waals surface area contributed by atoms with E-state index in [-0.39, 0.29) is 6.79 Å². The molecule has 0 fully saturated rings. The third-order valence-electron chi connectivity index (χ3n) is 3.54. The molecule has 0 aromatic heterocycles. The maximum Gasteiger partial charge on any atom is 0.188 e. The minimum atomic E-state index is -1.57. The Labute approximate surface area is 138 Å². The number of rotatable bonds is 6. The van der Waals surface area contributed by atoms with Crippen LogP contribution in [0.3, 0.4) is 0 Å². The fourth-order valence-corrected chi connectivity index (χ4v) is 3.22. The summed E-state index contributed by atoms with van der Waals surface area (Å²) >= 11 is 12.6. The van der Waals surface area contributed by atoms with Crippen LogP contribution < -0.4 is 0 Å². The van der Waals surface area contributed by atoms with E-state index in [1.807, 2.05) is 6.08 Å². The van der Waals surface area contributed by atoms with E-state index in [2.05, 4.69) is 32.6 Å². The first-order chi connectivity index (χ1) is 9.78. The molecule has 0 heterocycles. The first kappa shape index (κ1) is 16.9. The molecular formula is C16H22Cl2O2Si. The smallest absolute Gasteiger partial charge is 0.188 e. The second kappa shape index (κ2) is 6.74. The Balaban J connectivity index is 2.01. The normalized spacial score (nSPS) is 19.3. The average molecular weight is 345 g/mol. The maximum atomic E-state index is 6.35. The molecule has 2 aliphatic carbocycles. The Bertz CT molecular complexity index is 551. The molecule has 5 heteroatoms. The molecule has 116 valence electrons. The molecule has 0 radical (unpaired) electrons. The van der Waals surface area contributed by atoms with Crippen molar-refractivity contribution in [1.29, 1.82) is 0 Å². The molecule has 2 rings (SSSR count). The van der Waals surface area contributed by atoms with Crippen molar-refractivity contribution in [2.75, 3.05) is 6.79 Å². The summed E-state index contributed by atoms with van der Waals surface area (Å²) in [6, 6.07) is 0. The molecule has 0 aromatic carbocycles. The van der Waals surface area contributed by atoms with Crippen LogP contribution >= 0.6 is 23.2 Å². The van der Waals surface area contributed by atoms with Crippen LogP contribution in [-0.2, 0) is 9.16 Å². The Morgan fingerprint density at radius 2 is 1.67 bits per heavy atom. The Kier molecular flexibility index (Phi) is 5.42. The van der Waals surface area contributed by atoms with Crippen LogP contribution in [0.4, 0.5) is 0 Å². The standard InChI is InChI=1S/C16H22Cl2O2Si/c1-11-5-6-14(17)12(11)9-13-15(18)7-8-16(13)19-10-20-21(2,3)4/h5,8H,6-7,9-10H2,1-4H3. The molecule has 0 atom stereocenters. The highest BCUT2D eigenvalue weighted by Gasteiger charge is 2.23. The number of hydrogen-bond donors (Lipinski definition) is 0. The van der Waals surface area contributed by atoms with E-state index in [1.165, 1.54) is 11.1 Å². The van der Waals surface area contributed by atoms with Crippen molar-refractivity contribution in [1.82, 2.24) is 0 Å². The molecular weight excluding hydrogens is 323 g/mol. The third kappa shape index (κ3) is 4.49. The van der Waals surface area contributed by atoms with Gasteiger partial charge in [-0.05, 0) is 38.2 Å². The highest BCUT2D eigenvalue weighted by atomic mass is 35.5. The highest BCUT2D eigenvalue weighted by molar-refractivity contribution is 6.69. The van der Waals surface area contributed by atoms with Crippen molar-refractivity contribution in [3.05, 3.63) is 44.7 Å². The zero-order chi connectivity index (χ0) is 15.6. The van der Waals surface area contributed by atoms with Gasteiger partial charge in [-0.3, -0.25) is 0 Å². The Hall–Kier alpha value is -0.483. The van der Waals surface area contributed by atoms with Gasteiger partial charge in [0.1, 0.15) is 5.76 Å². The van der Waals surface area contributed by atoms with Gasteiger partial charge in [0.25, 0.3) is 0 Å². The van der Waals surface area contributed by atoms with Crippen LogP contribution in [0.2, 0.25) is 19.6 Å². The molecule has 2 aliphatic rings. The maximum absolute atomic E-state index is 6.35. The first-order valence-electron chi connectivity index (χ1n) is 7.17. The second-order valence-corrected chi connectivity index (χ2v) is 11.8. The molecule has 0 bridgehead atoms. The predicted molar refractivity (Wildman–Crippen MR) is 91.8 cm³/mol. The van der Waals surface area contributed by atoms with Crippen molar-refractivity contribution in [2.45, 2.75) is 45.8 Å². The van der Waals surface area contributed by atoms with Gasteiger partial charge in [0.15, 0.2) is 15.1 Å². The van der Waals surface area contributed by atoms with Gasteiger partial charge < -0.3 is 9.16 Å². The minimum absolute atomic E-state index is 0.289. The lowest BCUT2D eigenvalue weighted by Gasteiger charge is -2.19. The summed E-state index contributed by atoms with van der Waals surface area (Å²) in [5.41, 5.74) is 3.45. The van der Waals surface area contributed by atoms with Gasteiger partial charge in [0.05, 0.1) is 0 Å². The summed E-state index contributed by atoms with van der Waals surface area (Å²) in [7, 11) is -1.57.